The largest absolute Gasteiger partial charge is 0.354 e. The van der Waals surface area contributed by atoms with Gasteiger partial charge in [0.25, 0.3) is 5.56 Å². The van der Waals surface area contributed by atoms with Crippen LogP contribution in [0.15, 0.2) is 59.4 Å². The van der Waals surface area contributed by atoms with Crippen molar-refractivity contribution in [2.75, 3.05) is 13.1 Å². The summed E-state index contributed by atoms with van der Waals surface area (Å²) in [5.41, 5.74) is 4.73. The number of rotatable bonds is 3. The molecule has 1 aliphatic heterocycles. The molecular weight excluding hydrogens is 310 g/mol. The van der Waals surface area contributed by atoms with Crippen LogP contribution in [0.4, 0.5) is 0 Å². The van der Waals surface area contributed by atoms with Crippen molar-refractivity contribution >= 4 is 21.8 Å². The molecule has 1 saturated heterocycles. The number of nitrogens with zero attached hydrogens (tertiary/aromatic N) is 1. The second-order valence-corrected chi connectivity index (χ2v) is 6.83. The summed E-state index contributed by atoms with van der Waals surface area (Å²) in [6, 6.07) is 18.4. The molecule has 2 aromatic carbocycles. The third kappa shape index (κ3) is 2.55. The molecule has 0 unspecified atom stereocenters. The second-order valence-electron chi connectivity index (χ2n) is 6.83. The quantitative estimate of drug-likeness (QED) is 0.599. The lowest BCUT2D eigenvalue weighted by atomic mass is 10.1. The summed E-state index contributed by atoms with van der Waals surface area (Å²) in [5.74, 6) is 0. The van der Waals surface area contributed by atoms with Gasteiger partial charge in [-0.1, -0.05) is 24.3 Å². The topological polar surface area (TPSA) is 51.9 Å². The van der Waals surface area contributed by atoms with E-state index in [1.54, 1.807) is 0 Å². The van der Waals surface area contributed by atoms with Crippen molar-refractivity contribution in [3.63, 3.8) is 0 Å². The van der Waals surface area contributed by atoms with Crippen molar-refractivity contribution in [3.05, 3.63) is 70.5 Å². The minimum atomic E-state index is -0.0638. The van der Waals surface area contributed by atoms with Crippen LogP contribution in [0.25, 0.3) is 33.1 Å². The van der Waals surface area contributed by atoms with Crippen LogP contribution >= 0.6 is 0 Å². The van der Waals surface area contributed by atoms with E-state index in [0.29, 0.717) is 5.56 Å². The molecule has 2 N–H and O–H groups in total. The first-order valence-electron chi connectivity index (χ1n) is 8.73. The number of aromatic amines is 2. The highest BCUT2D eigenvalue weighted by molar-refractivity contribution is 5.89. The monoisotopic (exact) mass is 329 g/mol. The molecule has 25 heavy (non-hydrogen) atoms. The van der Waals surface area contributed by atoms with Gasteiger partial charge in [-0.2, -0.15) is 0 Å². The zero-order valence-corrected chi connectivity index (χ0v) is 13.9. The van der Waals surface area contributed by atoms with Crippen molar-refractivity contribution in [3.8, 4) is 11.3 Å². The first-order valence-corrected chi connectivity index (χ1v) is 8.73. The van der Waals surface area contributed by atoms with Crippen LogP contribution in [-0.2, 0) is 6.54 Å². The number of aromatic nitrogens is 2. The first-order chi connectivity index (χ1) is 12.3. The molecule has 4 aromatic rings. The van der Waals surface area contributed by atoms with Crippen LogP contribution in [0.3, 0.4) is 0 Å². The summed E-state index contributed by atoms with van der Waals surface area (Å²) in [7, 11) is 0. The normalized spacial score (nSPS) is 14.9. The van der Waals surface area contributed by atoms with Crippen LogP contribution in [0.2, 0.25) is 0 Å². The lowest BCUT2D eigenvalue weighted by Crippen LogP contribution is -2.36. The molecule has 1 fully saturated rings. The number of nitrogens with one attached hydrogen (secondary N) is 2. The maximum Gasteiger partial charge on any atom is 0.257 e. The minimum absolute atomic E-state index is 0.0638. The maximum absolute atomic E-state index is 12.5. The summed E-state index contributed by atoms with van der Waals surface area (Å²) in [5, 5.41) is 2.19. The third-order valence-electron chi connectivity index (χ3n) is 5.08. The van der Waals surface area contributed by atoms with Crippen molar-refractivity contribution in [2.24, 2.45) is 0 Å². The van der Waals surface area contributed by atoms with Gasteiger partial charge in [-0.3, -0.25) is 9.69 Å². The summed E-state index contributed by atoms with van der Waals surface area (Å²) in [6.07, 6.45) is 1.31. The Hall–Kier alpha value is -2.85. The van der Waals surface area contributed by atoms with E-state index in [4.69, 9.17) is 0 Å². The molecule has 4 heteroatoms. The van der Waals surface area contributed by atoms with Gasteiger partial charge in [0.2, 0.25) is 0 Å². The zero-order chi connectivity index (χ0) is 16.8. The van der Waals surface area contributed by atoms with Gasteiger partial charge in [0.05, 0.1) is 11.3 Å². The fourth-order valence-electron chi connectivity index (χ4n) is 3.57. The molecular formula is C21H19N3O. The van der Waals surface area contributed by atoms with Gasteiger partial charge in [0, 0.05) is 23.0 Å². The molecule has 1 aliphatic rings. The van der Waals surface area contributed by atoms with E-state index in [2.05, 4.69) is 39.1 Å². The fraction of sp³-hybridized carbons (Fsp3) is 0.190. The Balaban J connectivity index is 1.58. The molecule has 2 aromatic heterocycles. The number of para-hydroxylation sites is 1. The average molecular weight is 329 g/mol. The Bertz CT molecular complexity index is 1130. The Morgan fingerprint density at radius 2 is 1.72 bits per heavy atom. The van der Waals surface area contributed by atoms with E-state index in [-0.39, 0.29) is 5.56 Å². The molecule has 124 valence electrons. The summed E-state index contributed by atoms with van der Waals surface area (Å²) in [6.45, 7) is 3.40. The van der Waals surface area contributed by atoms with E-state index in [9.17, 15) is 4.79 Å². The van der Waals surface area contributed by atoms with Crippen LogP contribution in [0.1, 0.15) is 12.0 Å². The number of benzene rings is 2. The Morgan fingerprint density at radius 1 is 0.880 bits per heavy atom. The molecule has 0 atom stereocenters. The highest BCUT2D eigenvalue weighted by Crippen LogP contribution is 2.25. The standard InChI is InChI=1S/C21H19N3O/c25-21-17(11-15-4-1-2-5-18(15)23-21)20-12-16-10-14(6-7-19(16)22-20)13-24-8-3-9-24/h1-2,4-7,10-12,22H,3,8-9,13H2,(H,23,25). The SMILES string of the molecule is O=c1[nH]c2ccccc2cc1-c1cc2cc(CN3CCC3)ccc2[nH]1. The van der Waals surface area contributed by atoms with Crippen molar-refractivity contribution in [1.82, 2.24) is 14.9 Å². The van der Waals surface area contributed by atoms with E-state index in [1.165, 1.54) is 25.1 Å². The lowest BCUT2D eigenvalue weighted by molar-refractivity contribution is 0.172. The molecule has 0 bridgehead atoms. The van der Waals surface area contributed by atoms with E-state index in [1.807, 2.05) is 30.3 Å². The number of pyridine rings is 1. The number of hydrogen-bond donors (Lipinski definition) is 2. The third-order valence-corrected chi connectivity index (χ3v) is 5.08. The Labute approximate surface area is 145 Å². The van der Waals surface area contributed by atoms with Crippen molar-refractivity contribution < 1.29 is 0 Å². The van der Waals surface area contributed by atoms with Crippen LogP contribution < -0.4 is 5.56 Å². The second kappa shape index (κ2) is 5.60. The molecule has 0 aliphatic carbocycles. The highest BCUT2D eigenvalue weighted by atomic mass is 16.1. The molecule has 0 saturated carbocycles. The minimum Gasteiger partial charge on any atom is -0.354 e. The smallest absolute Gasteiger partial charge is 0.257 e. The van der Waals surface area contributed by atoms with Gasteiger partial charge >= 0.3 is 0 Å². The average Bonchev–Trinajstić information content (AvgIpc) is 3.00. The molecule has 3 heterocycles. The van der Waals surface area contributed by atoms with Crippen LogP contribution in [0.5, 0.6) is 0 Å². The summed E-state index contributed by atoms with van der Waals surface area (Å²) in [4.78, 5) is 21.3. The number of H-pyrrole nitrogens is 2. The summed E-state index contributed by atoms with van der Waals surface area (Å²) >= 11 is 0. The van der Waals surface area contributed by atoms with Crippen LogP contribution in [-0.4, -0.2) is 28.0 Å². The van der Waals surface area contributed by atoms with E-state index < -0.39 is 0 Å². The molecule has 0 amide bonds. The van der Waals surface area contributed by atoms with Crippen molar-refractivity contribution in [2.45, 2.75) is 13.0 Å². The van der Waals surface area contributed by atoms with Gasteiger partial charge in [-0.15, -0.1) is 0 Å². The number of hydrogen-bond acceptors (Lipinski definition) is 2. The number of fused-ring (bicyclic) bond motifs is 2. The van der Waals surface area contributed by atoms with E-state index in [0.717, 1.165) is 34.0 Å². The van der Waals surface area contributed by atoms with Gasteiger partial charge < -0.3 is 9.97 Å². The summed E-state index contributed by atoms with van der Waals surface area (Å²) < 4.78 is 0. The molecule has 4 nitrogen and oxygen atoms in total. The Kier molecular flexibility index (Phi) is 3.25. The zero-order valence-electron chi connectivity index (χ0n) is 13.9. The van der Waals surface area contributed by atoms with Crippen molar-refractivity contribution in [1.29, 1.82) is 0 Å². The van der Waals surface area contributed by atoms with Gasteiger partial charge in [-0.05, 0) is 60.8 Å². The first kappa shape index (κ1) is 14.5. The lowest BCUT2D eigenvalue weighted by Gasteiger charge is -2.30. The predicted molar refractivity (Wildman–Crippen MR) is 102 cm³/mol. The Morgan fingerprint density at radius 3 is 2.56 bits per heavy atom. The van der Waals surface area contributed by atoms with E-state index >= 15 is 0 Å². The highest BCUT2D eigenvalue weighted by Gasteiger charge is 2.14. The fourth-order valence-corrected chi connectivity index (χ4v) is 3.57. The predicted octanol–water partition coefficient (Wildman–Crippen LogP) is 3.88. The maximum atomic E-state index is 12.5. The van der Waals surface area contributed by atoms with Crippen LogP contribution in [0, 0.1) is 0 Å². The van der Waals surface area contributed by atoms with Gasteiger partial charge in [-0.25, -0.2) is 0 Å². The number of likely N-dealkylation sites (tertiary alicyclic amines) is 1. The molecule has 5 rings (SSSR count). The molecule has 0 radical (unpaired) electrons. The molecule has 0 spiro atoms. The van der Waals surface area contributed by atoms with Gasteiger partial charge in [0.1, 0.15) is 0 Å². The van der Waals surface area contributed by atoms with Gasteiger partial charge in [0.15, 0.2) is 0 Å².